The normalized spacial score (nSPS) is 12.1. The highest BCUT2D eigenvalue weighted by atomic mass is 32.1. The number of nitrogens with zero attached hydrogens (tertiary/aromatic N) is 2. The van der Waals surface area contributed by atoms with Crippen LogP contribution in [0.5, 0.6) is 5.19 Å². The molecule has 1 aromatic rings. The van der Waals surface area contributed by atoms with Crippen LogP contribution in [0.15, 0.2) is 0 Å². The van der Waals surface area contributed by atoms with Crippen molar-refractivity contribution in [2.75, 3.05) is 6.61 Å². The smallest absolute Gasteiger partial charge is 0.294 e. The van der Waals surface area contributed by atoms with Crippen molar-refractivity contribution in [3.63, 3.8) is 0 Å². The summed E-state index contributed by atoms with van der Waals surface area (Å²) in [5, 5.41) is 13.2. The third kappa shape index (κ3) is 6.91. The number of aromatic nitrogens is 2. The Hall–Kier alpha value is -0.680. The largest absolute Gasteiger partial charge is 0.469 e. The summed E-state index contributed by atoms with van der Waals surface area (Å²) in [5.41, 5.74) is 0.101. The van der Waals surface area contributed by atoms with E-state index in [0.717, 1.165) is 30.5 Å². The Morgan fingerprint density at radius 3 is 2.61 bits per heavy atom. The molecule has 4 nitrogen and oxygen atoms in total. The Morgan fingerprint density at radius 1 is 1.28 bits per heavy atom. The van der Waals surface area contributed by atoms with Gasteiger partial charge in [-0.05, 0) is 39.5 Å². The van der Waals surface area contributed by atoms with Gasteiger partial charge in [0, 0.05) is 5.54 Å². The van der Waals surface area contributed by atoms with Crippen LogP contribution in [0.3, 0.4) is 0 Å². The first-order chi connectivity index (χ1) is 8.37. The molecule has 0 saturated heterocycles. The molecule has 1 rings (SSSR count). The second-order valence-corrected chi connectivity index (χ2v) is 6.97. The molecule has 0 aliphatic rings. The topological polar surface area (TPSA) is 47.0 Å². The van der Waals surface area contributed by atoms with Crippen molar-refractivity contribution in [1.82, 2.24) is 15.5 Å². The van der Waals surface area contributed by atoms with Gasteiger partial charge >= 0.3 is 0 Å². The first-order valence-electron chi connectivity index (χ1n) is 6.57. The molecular weight excluding hydrogens is 246 g/mol. The van der Waals surface area contributed by atoms with Crippen molar-refractivity contribution in [3.8, 4) is 5.19 Å². The van der Waals surface area contributed by atoms with Crippen LogP contribution in [0.25, 0.3) is 0 Å². The molecule has 0 radical (unpaired) electrons. The van der Waals surface area contributed by atoms with Gasteiger partial charge in [0.15, 0.2) is 0 Å². The van der Waals surface area contributed by atoms with Gasteiger partial charge in [0.1, 0.15) is 5.01 Å². The zero-order chi connectivity index (χ0) is 13.6. The Bertz CT molecular complexity index is 344. The molecule has 0 amide bonds. The van der Waals surface area contributed by atoms with Gasteiger partial charge in [0.25, 0.3) is 5.19 Å². The van der Waals surface area contributed by atoms with Crippen LogP contribution < -0.4 is 10.1 Å². The third-order valence-corrected chi connectivity index (χ3v) is 3.21. The van der Waals surface area contributed by atoms with Gasteiger partial charge in [-0.1, -0.05) is 25.2 Å². The fraction of sp³-hybridized carbons (Fsp3) is 0.846. The fourth-order valence-corrected chi connectivity index (χ4v) is 2.01. The van der Waals surface area contributed by atoms with Gasteiger partial charge in [-0.15, -0.1) is 10.2 Å². The molecule has 0 bridgehead atoms. The van der Waals surface area contributed by atoms with E-state index in [-0.39, 0.29) is 5.54 Å². The van der Waals surface area contributed by atoms with E-state index in [2.05, 4.69) is 50.1 Å². The quantitative estimate of drug-likeness (QED) is 0.773. The second-order valence-electron chi connectivity index (χ2n) is 5.95. The van der Waals surface area contributed by atoms with Gasteiger partial charge in [-0.3, -0.25) is 0 Å². The molecule has 104 valence electrons. The van der Waals surface area contributed by atoms with Crippen molar-refractivity contribution in [2.24, 2.45) is 5.92 Å². The lowest BCUT2D eigenvalue weighted by Crippen LogP contribution is -2.35. The summed E-state index contributed by atoms with van der Waals surface area (Å²) in [6.45, 7) is 12.3. The Kier molecular flexibility index (Phi) is 6.02. The highest BCUT2D eigenvalue weighted by molar-refractivity contribution is 7.13. The minimum Gasteiger partial charge on any atom is -0.469 e. The van der Waals surface area contributed by atoms with Crippen molar-refractivity contribution in [2.45, 2.75) is 59.5 Å². The molecule has 0 fully saturated rings. The van der Waals surface area contributed by atoms with Gasteiger partial charge in [0.2, 0.25) is 0 Å². The average molecular weight is 271 g/mol. The van der Waals surface area contributed by atoms with E-state index in [0.29, 0.717) is 5.19 Å². The summed E-state index contributed by atoms with van der Waals surface area (Å²) in [5.74, 6) is 0.731. The van der Waals surface area contributed by atoms with Gasteiger partial charge in [0.05, 0.1) is 13.2 Å². The number of rotatable bonds is 7. The lowest BCUT2D eigenvalue weighted by atomic mass is 10.1. The fourth-order valence-electron chi connectivity index (χ4n) is 1.36. The summed E-state index contributed by atoms with van der Waals surface area (Å²) in [4.78, 5) is 0. The van der Waals surface area contributed by atoms with Gasteiger partial charge in [-0.25, -0.2) is 0 Å². The summed E-state index contributed by atoms with van der Waals surface area (Å²) in [6, 6.07) is 0. The first-order valence-corrected chi connectivity index (χ1v) is 7.38. The van der Waals surface area contributed by atoms with Crippen molar-refractivity contribution >= 4 is 11.3 Å². The van der Waals surface area contributed by atoms with E-state index in [1.807, 2.05) is 0 Å². The highest BCUT2D eigenvalue weighted by Crippen LogP contribution is 2.18. The minimum atomic E-state index is 0.101. The molecule has 0 unspecified atom stereocenters. The molecule has 0 spiro atoms. The molecule has 1 N–H and O–H groups in total. The zero-order valence-electron chi connectivity index (χ0n) is 12.1. The van der Waals surface area contributed by atoms with Crippen LogP contribution in [0, 0.1) is 5.92 Å². The molecule has 0 atom stereocenters. The minimum absolute atomic E-state index is 0.101. The molecule has 18 heavy (non-hydrogen) atoms. The monoisotopic (exact) mass is 271 g/mol. The van der Waals surface area contributed by atoms with E-state index in [1.54, 1.807) is 0 Å². The highest BCUT2D eigenvalue weighted by Gasteiger charge is 2.11. The molecule has 1 heterocycles. The Labute approximate surface area is 114 Å². The molecule has 0 aromatic carbocycles. The Morgan fingerprint density at radius 2 is 2.00 bits per heavy atom. The van der Waals surface area contributed by atoms with Crippen LogP contribution in [-0.4, -0.2) is 22.3 Å². The van der Waals surface area contributed by atoms with Crippen LogP contribution in [0.4, 0.5) is 0 Å². The van der Waals surface area contributed by atoms with Crippen molar-refractivity contribution in [1.29, 1.82) is 0 Å². The van der Waals surface area contributed by atoms with E-state index in [9.17, 15) is 0 Å². The predicted octanol–water partition coefficient (Wildman–Crippen LogP) is 3.24. The molecule has 1 aromatic heterocycles. The van der Waals surface area contributed by atoms with E-state index in [1.165, 1.54) is 17.8 Å². The Balaban J connectivity index is 2.26. The maximum atomic E-state index is 5.59. The molecule has 0 saturated carbocycles. The number of hydrogen-bond donors (Lipinski definition) is 1. The lowest BCUT2D eigenvalue weighted by Gasteiger charge is -2.19. The summed E-state index contributed by atoms with van der Waals surface area (Å²) in [6.07, 6.45) is 2.27. The van der Waals surface area contributed by atoms with Crippen molar-refractivity contribution < 1.29 is 4.74 Å². The van der Waals surface area contributed by atoms with Crippen LogP contribution >= 0.6 is 11.3 Å². The SMILES string of the molecule is CC(C)CCCOc1nnc(CNC(C)(C)C)s1. The van der Waals surface area contributed by atoms with Gasteiger partial charge in [-0.2, -0.15) is 0 Å². The number of hydrogen-bond acceptors (Lipinski definition) is 5. The molecule has 5 heteroatoms. The van der Waals surface area contributed by atoms with Crippen LogP contribution in [0.1, 0.15) is 52.5 Å². The molecule has 0 aliphatic heterocycles. The number of nitrogens with one attached hydrogen (secondary N) is 1. The van der Waals surface area contributed by atoms with E-state index in [4.69, 9.17) is 4.74 Å². The van der Waals surface area contributed by atoms with Gasteiger partial charge < -0.3 is 10.1 Å². The summed E-state index contributed by atoms with van der Waals surface area (Å²) in [7, 11) is 0. The maximum Gasteiger partial charge on any atom is 0.294 e. The van der Waals surface area contributed by atoms with E-state index >= 15 is 0 Å². The molecular formula is C13H25N3OS. The third-order valence-electron chi connectivity index (χ3n) is 2.37. The number of ether oxygens (including phenoxy) is 1. The summed E-state index contributed by atoms with van der Waals surface area (Å²) < 4.78 is 5.59. The van der Waals surface area contributed by atoms with E-state index < -0.39 is 0 Å². The van der Waals surface area contributed by atoms with Crippen molar-refractivity contribution in [3.05, 3.63) is 5.01 Å². The zero-order valence-corrected chi connectivity index (χ0v) is 12.9. The maximum absolute atomic E-state index is 5.59. The van der Waals surface area contributed by atoms with Crippen LogP contribution in [-0.2, 0) is 6.54 Å². The first kappa shape index (κ1) is 15.4. The average Bonchev–Trinajstić information content (AvgIpc) is 2.68. The second kappa shape index (κ2) is 7.04. The summed E-state index contributed by atoms with van der Waals surface area (Å²) >= 11 is 1.53. The lowest BCUT2D eigenvalue weighted by molar-refractivity contribution is 0.294. The molecule has 0 aliphatic carbocycles. The van der Waals surface area contributed by atoms with Crippen LogP contribution in [0.2, 0.25) is 0 Å². The standard InChI is InChI=1S/C13H25N3OS/c1-10(2)7-6-8-17-12-16-15-11(18-12)9-14-13(3,4)5/h10,14H,6-9H2,1-5H3. The predicted molar refractivity (Wildman–Crippen MR) is 76.1 cm³/mol.